The maximum atomic E-state index is 13.6. The number of carbonyl (C=O) groups excluding carboxylic acids is 1. The van der Waals surface area contributed by atoms with Gasteiger partial charge in [0.25, 0.3) is 0 Å². The number of nitrogens with two attached hydrogens (primary N) is 1. The number of carbonyl (C=O) groups is 2. The van der Waals surface area contributed by atoms with Crippen molar-refractivity contribution in [2.24, 2.45) is 5.73 Å². The third kappa shape index (κ3) is 1.71. The van der Waals surface area contributed by atoms with Crippen molar-refractivity contribution < 1.29 is 19.1 Å². The molecule has 2 aromatic rings. The number of aryl methyl sites for hydroxylation is 1. The molecule has 1 unspecified atom stereocenters. The van der Waals surface area contributed by atoms with E-state index in [4.69, 9.17) is 10.8 Å². The number of rotatable bonds is 3. The van der Waals surface area contributed by atoms with E-state index < -0.39 is 23.6 Å². The van der Waals surface area contributed by atoms with Crippen LogP contribution in [0.5, 0.6) is 0 Å². The minimum atomic E-state index is -1.49. The molecule has 2 rings (SSSR count). The van der Waals surface area contributed by atoms with E-state index in [1.54, 1.807) is 13.0 Å². The minimum Gasteiger partial charge on any atom is -0.480 e. The van der Waals surface area contributed by atoms with Crippen molar-refractivity contribution >= 4 is 22.8 Å². The van der Waals surface area contributed by atoms with Gasteiger partial charge in [-0.05, 0) is 13.0 Å². The van der Waals surface area contributed by atoms with E-state index in [1.165, 1.54) is 12.1 Å². The summed E-state index contributed by atoms with van der Waals surface area (Å²) in [5, 5.41) is 9.42. The summed E-state index contributed by atoms with van der Waals surface area (Å²) in [6.45, 7) is 1.58. The molecule has 0 aliphatic carbocycles. The van der Waals surface area contributed by atoms with Gasteiger partial charge < -0.3 is 15.8 Å². The molecule has 0 fully saturated rings. The van der Waals surface area contributed by atoms with Crippen molar-refractivity contribution in [3.8, 4) is 0 Å². The highest BCUT2D eigenvalue weighted by Crippen LogP contribution is 2.30. The topological polar surface area (TPSA) is 96.2 Å². The Hall–Kier alpha value is -2.37. The predicted octanol–water partition coefficient (Wildman–Crippen LogP) is 1.27. The van der Waals surface area contributed by atoms with Crippen LogP contribution in [0.2, 0.25) is 0 Å². The standard InChI is InChI=1S/C12H11FN2O3/c1-5-8(9(11(14)16)12(17)18)6-3-2-4-7(13)10(6)15-5/h2-4,9,15H,1H3,(H2,14,16)(H,17,18). The Morgan fingerprint density at radius 2 is 2.11 bits per heavy atom. The zero-order valence-corrected chi connectivity index (χ0v) is 9.53. The number of nitrogens with one attached hydrogen (secondary N) is 1. The number of primary amides is 1. The van der Waals surface area contributed by atoms with Gasteiger partial charge in [0.05, 0.1) is 5.52 Å². The van der Waals surface area contributed by atoms with Gasteiger partial charge in [0.15, 0.2) is 5.92 Å². The van der Waals surface area contributed by atoms with Gasteiger partial charge >= 0.3 is 5.97 Å². The van der Waals surface area contributed by atoms with Gasteiger partial charge in [0, 0.05) is 16.6 Å². The summed E-state index contributed by atoms with van der Waals surface area (Å²) in [6.07, 6.45) is 0. The summed E-state index contributed by atoms with van der Waals surface area (Å²) in [5.74, 6) is -4.32. The molecule has 0 saturated heterocycles. The Bertz CT molecular complexity index is 634. The van der Waals surface area contributed by atoms with Crippen molar-refractivity contribution in [1.29, 1.82) is 0 Å². The van der Waals surface area contributed by atoms with Crippen LogP contribution in [-0.2, 0) is 9.59 Å². The number of aromatic amines is 1. The van der Waals surface area contributed by atoms with E-state index in [0.717, 1.165) is 0 Å². The monoisotopic (exact) mass is 250 g/mol. The fraction of sp³-hybridized carbons (Fsp3) is 0.167. The number of para-hydroxylation sites is 1. The molecule has 18 heavy (non-hydrogen) atoms. The number of carboxylic acids is 1. The number of aromatic nitrogens is 1. The highest BCUT2D eigenvalue weighted by Gasteiger charge is 2.30. The van der Waals surface area contributed by atoms with Crippen LogP contribution < -0.4 is 5.73 Å². The average Bonchev–Trinajstić information content (AvgIpc) is 2.57. The molecule has 6 heteroatoms. The van der Waals surface area contributed by atoms with E-state index in [0.29, 0.717) is 11.1 Å². The molecule has 0 aliphatic heterocycles. The fourth-order valence-corrected chi connectivity index (χ4v) is 2.09. The maximum absolute atomic E-state index is 13.6. The van der Waals surface area contributed by atoms with Gasteiger partial charge in [-0.1, -0.05) is 12.1 Å². The summed E-state index contributed by atoms with van der Waals surface area (Å²) in [4.78, 5) is 25.1. The molecular weight excluding hydrogens is 239 g/mol. The van der Waals surface area contributed by atoms with E-state index in [2.05, 4.69) is 4.98 Å². The van der Waals surface area contributed by atoms with Crippen molar-refractivity contribution in [2.45, 2.75) is 12.8 Å². The summed E-state index contributed by atoms with van der Waals surface area (Å²) in [5.41, 5.74) is 5.91. The molecule has 4 N–H and O–H groups in total. The highest BCUT2D eigenvalue weighted by atomic mass is 19.1. The zero-order valence-electron chi connectivity index (χ0n) is 9.53. The number of hydrogen-bond donors (Lipinski definition) is 3. The highest BCUT2D eigenvalue weighted by molar-refractivity contribution is 6.06. The van der Waals surface area contributed by atoms with E-state index in [9.17, 15) is 14.0 Å². The first-order valence-electron chi connectivity index (χ1n) is 5.22. The molecule has 1 heterocycles. The number of H-pyrrole nitrogens is 1. The molecule has 0 aliphatic rings. The van der Waals surface area contributed by atoms with E-state index in [1.807, 2.05) is 0 Å². The van der Waals surface area contributed by atoms with Crippen molar-refractivity contribution in [1.82, 2.24) is 4.98 Å². The quantitative estimate of drug-likeness (QED) is 0.715. The molecule has 1 atom stereocenters. The lowest BCUT2D eigenvalue weighted by molar-refractivity contribution is -0.142. The number of carboxylic acid groups (broad SMARTS) is 1. The second-order valence-corrected chi connectivity index (χ2v) is 4.00. The van der Waals surface area contributed by atoms with Crippen molar-refractivity contribution in [3.63, 3.8) is 0 Å². The number of amides is 1. The van der Waals surface area contributed by atoms with Crippen LogP contribution in [-0.4, -0.2) is 22.0 Å². The van der Waals surface area contributed by atoms with Crippen LogP contribution in [0.4, 0.5) is 4.39 Å². The van der Waals surface area contributed by atoms with Crippen LogP contribution in [0, 0.1) is 12.7 Å². The molecule has 94 valence electrons. The van der Waals surface area contributed by atoms with Crippen LogP contribution in [0.15, 0.2) is 18.2 Å². The molecule has 0 radical (unpaired) electrons. The summed E-state index contributed by atoms with van der Waals surface area (Å²) in [6, 6.07) is 4.26. The van der Waals surface area contributed by atoms with Crippen molar-refractivity contribution in [3.05, 3.63) is 35.3 Å². The normalized spacial score (nSPS) is 12.6. The molecule has 5 nitrogen and oxygen atoms in total. The molecule has 0 bridgehead atoms. The van der Waals surface area contributed by atoms with E-state index in [-0.39, 0.29) is 11.1 Å². The van der Waals surface area contributed by atoms with Gasteiger partial charge in [-0.3, -0.25) is 9.59 Å². The van der Waals surface area contributed by atoms with Crippen molar-refractivity contribution in [2.75, 3.05) is 0 Å². The Kier molecular flexibility index (Phi) is 2.78. The predicted molar refractivity (Wildman–Crippen MR) is 62.6 cm³/mol. The second-order valence-electron chi connectivity index (χ2n) is 4.00. The SMILES string of the molecule is Cc1[nH]c2c(F)cccc2c1C(C(N)=O)C(=O)O. The molecule has 1 aromatic carbocycles. The van der Waals surface area contributed by atoms with Crippen LogP contribution >= 0.6 is 0 Å². The van der Waals surface area contributed by atoms with Crippen LogP contribution in [0.1, 0.15) is 17.2 Å². The average molecular weight is 250 g/mol. The lowest BCUT2D eigenvalue weighted by Gasteiger charge is -2.08. The lowest BCUT2D eigenvalue weighted by Crippen LogP contribution is -2.28. The Morgan fingerprint density at radius 1 is 1.44 bits per heavy atom. The van der Waals surface area contributed by atoms with Gasteiger partial charge in [-0.2, -0.15) is 0 Å². The second kappa shape index (κ2) is 4.14. The lowest BCUT2D eigenvalue weighted by atomic mass is 9.95. The first-order valence-corrected chi connectivity index (χ1v) is 5.22. The van der Waals surface area contributed by atoms with Gasteiger partial charge in [0.1, 0.15) is 5.82 Å². The molecule has 1 amide bonds. The zero-order chi connectivity index (χ0) is 13.4. The smallest absolute Gasteiger partial charge is 0.320 e. The number of hydrogen-bond acceptors (Lipinski definition) is 2. The Labute approximate surface area is 101 Å². The summed E-state index contributed by atoms with van der Waals surface area (Å²) >= 11 is 0. The number of halogens is 1. The van der Waals surface area contributed by atoms with E-state index >= 15 is 0 Å². The number of fused-ring (bicyclic) bond motifs is 1. The number of aliphatic carboxylic acids is 1. The Balaban J connectivity index is 2.78. The molecular formula is C12H11FN2O3. The van der Waals surface area contributed by atoms with Gasteiger partial charge in [0.2, 0.25) is 5.91 Å². The first-order chi connectivity index (χ1) is 8.43. The van der Waals surface area contributed by atoms with Crippen LogP contribution in [0.25, 0.3) is 10.9 Å². The first kappa shape index (κ1) is 12.1. The number of benzene rings is 1. The third-order valence-electron chi connectivity index (χ3n) is 2.84. The summed E-state index contributed by atoms with van der Waals surface area (Å²) in [7, 11) is 0. The molecule has 1 aromatic heterocycles. The summed E-state index contributed by atoms with van der Waals surface area (Å²) < 4.78 is 13.6. The largest absolute Gasteiger partial charge is 0.480 e. The maximum Gasteiger partial charge on any atom is 0.320 e. The third-order valence-corrected chi connectivity index (χ3v) is 2.84. The van der Waals surface area contributed by atoms with Gasteiger partial charge in [-0.15, -0.1) is 0 Å². The molecule has 0 saturated carbocycles. The Morgan fingerprint density at radius 3 is 2.67 bits per heavy atom. The van der Waals surface area contributed by atoms with Crippen LogP contribution in [0.3, 0.4) is 0 Å². The molecule has 0 spiro atoms. The van der Waals surface area contributed by atoms with Gasteiger partial charge in [-0.25, -0.2) is 4.39 Å². The minimum absolute atomic E-state index is 0.178. The fourth-order valence-electron chi connectivity index (χ4n) is 2.09.